The van der Waals surface area contributed by atoms with E-state index >= 15 is 0 Å². The molecule has 0 unspecified atom stereocenters. The third-order valence-corrected chi connectivity index (χ3v) is 4.85. The zero-order chi connectivity index (χ0) is 13.2. The number of carbonyl (C=O) groups is 1. The summed E-state index contributed by atoms with van der Waals surface area (Å²) in [6.07, 6.45) is 0.507. The molecule has 1 aromatic rings. The Balaban J connectivity index is 1.89. The molecule has 0 saturated heterocycles. The lowest BCUT2D eigenvalue weighted by Gasteiger charge is -2.20. The first-order valence-electron chi connectivity index (χ1n) is 6.43. The molecule has 1 heterocycles. The zero-order valence-corrected chi connectivity index (χ0v) is 12.4. The molecule has 0 bridgehead atoms. The summed E-state index contributed by atoms with van der Waals surface area (Å²) in [6.45, 7) is 8.12. The van der Waals surface area contributed by atoms with Crippen LogP contribution in [0.25, 0.3) is 0 Å². The molecule has 0 saturated carbocycles. The lowest BCUT2D eigenvalue weighted by Crippen LogP contribution is -2.30. The number of amides is 1. The number of rotatable bonds is 5. The van der Waals surface area contributed by atoms with E-state index in [0.29, 0.717) is 13.2 Å². The van der Waals surface area contributed by atoms with Gasteiger partial charge < -0.3 is 4.74 Å². The largest absolute Gasteiger partial charge is 0.361 e. The SMILES string of the molecule is C[Si](C)(C)CCOCN1C(=O)Cc2ccccc21. The molecule has 0 fully saturated rings. The molecule has 0 N–H and O–H groups in total. The molecule has 98 valence electrons. The van der Waals surface area contributed by atoms with Gasteiger partial charge in [0.25, 0.3) is 0 Å². The van der Waals surface area contributed by atoms with Crippen molar-refractivity contribution in [2.24, 2.45) is 0 Å². The van der Waals surface area contributed by atoms with Crippen LogP contribution in [-0.4, -0.2) is 27.3 Å². The minimum atomic E-state index is -1.05. The average molecular weight is 263 g/mol. The molecule has 1 aliphatic heterocycles. The van der Waals surface area contributed by atoms with E-state index in [-0.39, 0.29) is 5.91 Å². The zero-order valence-electron chi connectivity index (χ0n) is 11.4. The summed E-state index contributed by atoms with van der Waals surface area (Å²) in [7, 11) is -1.05. The highest BCUT2D eigenvalue weighted by Crippen LogP contribution is 2.28. The first-order valence-corrected chi connectivity index (χ1v) is 10.1. The molecule has 4 heteroatoms. The molecule has 2 rings (SSSR count). The van der Waals surface area contributed by atoms with Gasteiger partial charge >= 0.3 is 0 Å². The van der Waals surface area contributed by atoms with E-state index in [9.17, 15) is 4.79 Å². The smallest absolute Gasteiger partial charge is 0.233 e. The van der Waals surface area contributed by atoms with Gasteiger partial charge in [-0.05, 0) is 17.7 Å². The normalized spacial score (nSPS) is 15.1. The number of carbonyl (C=O) groups excluding carboxylic acids is 1. The molecule has 18 heavy (non-hydrogen) atoms. The molecule has 3 nitrogen and oxygen atoms in total. The van der Waals surface area contributed by atoms with Crippen LogP contribution in [0.15, 0.2) is 24.3 Å². The quantitative estimate of drug-likeness (QED) is 0.604. The van der Waals surface area contributed by atoms with E-state index in [1.54, 1.807) is 4.90 Å². The second-order valence-corrected chi connectivity index (χ2v) is 11.6. The molecule has 0 aliphatic carbocycles. The first kappa shape index (κ1) is 13.3. The van der Waals surface area contributed by atoms with Gasteiger partial charge in [-0.25, -0.2) is 0 Å². The second kappa shape index (κ2) is 5.24. The number of anilines is 1. The maximum atomic E-state index is 11.9. The van der Waals surface area contributed by atoms with E-state index in [1.165, 1.54) is 0 Å². The molecule has 1 amide bonds. The van der Waals surface area contributed by atoms with E-state index in [2.05, 4.69) is 19.6 Å². The van der Waals surface area contributed by atoms with Crippen LogP contribution in [0.2, 0.25) is 25.7 Å². The summed E-state index contributed by atoms with van der Waals surface area (Å²) >= 11 is 0. The average Bonchev–Trinajstić information content (AvgIpc) is 2.59. The molecule has 0 atom stereocenters. The maximum absolute atomic E-state index is 11.9. The Morgan fingerprint density at radius 2 is 2.00 bits per heavy atom. The van der Waals surface area contributed by atoms with Crippen molar-refractivity contribution in [1.82, 2.24) is 0 Å². The highest BCUT2D eigenvalue weighted by atomic mass is 28.3. The molecule has 0 aromatic heterocycles. The van der Waals surface area contributed by atoms with Crippen molar-refractivity contribution in [3.63, 3.8) is 0 Å². The Labute approximate surface area is 110 Å². The fourth-order valence-electron chi connectivity index (χ4n) is 1.99. The molecule has 1 aromatic carbocycles. The standard InChI is InChI=1S/C14H21NO2Si/c1-18(2,3)9-8-17-11-15-13-7-5-4-6-12(13)10-14(15)16/h4-7H,8-11H2,1-3H3. The van der Waals surface area contributed by atoms with Crippen molar-refractivity contribution >= 4 is 19.7 Å². The van der Waals surface area contributed by atoms with Crippen LogP contribution in [0.5, 0.6) is 0 Å². The molecular formula is C14H21NO2Si. The molecular weight excluding hydrogens is 242 g/mol. The van der Waals surface area contributed by atoms with Gasteiger partial charge in [-0.1, -0.05) is 37.8 Å². The number of ether oxygens (including phenoxy) is 1. The Bertz CT molecular complexity index is 440. The van der Waals surface area contributed by atoms with Gasteiger partial charge in [0.05, 0.1) is 6.42 Å². The number of fused-ring (bicyclic) bond motifs is 1. The van der Waals surface area contributed by atoms with Crippen molar-refractivity contribution in [2.75, 3.05) is 18.2 Å². The number of para-hydroxylation sites is 1. The fourth-order valence-corrected chi connectivity index (χ4v) is 2.75. The fraction of sp³-hybridized carbons (Fsp3) is 0.500. The lowest BCUT2D eigenvalue weighted by molar-refractivity contribution is -0.118. The first-order chi connectivity index (χ1) is 8.47. The van der Waals surface area contributed by atoms with Crippen molar-refractivity contribution in [3.8, 4) is 0 Å². The van der Waals surface area contributed by atoms with E-state index in [1.807, 2.05) is 24.3 Å². The molecule has 0 radical (unpaired) electrons. The summed E-state index contributed by atoms with van der Waals surface area (Å²) in [5.74, 6) is 0.143. The minimum Gasteiger partial charge on any atom is -0.361 e. The Morgan fingerprint density at radius 1 is 1.28 bits per heavy atom. The third-order valence-electron chi connectivity index (χ3n) is 3.14. The van der Waals surface area contributed by atoms with E-state index in [4.69, 9.17) is 4.74 Å². The van der Waals surface area contributed by atoms with Gasteiger partial charge in [0.15, 0.2) is 0 Å². The van der Waals surface area contributed by atoms with E-state index in [0.717, 1.165) is 23.9 Å². The topological polar surface area (TPSA) is 29.5 Å². The van der Waals surface area contributed by atoms with Crippen molar-refractivity contribution in [3.05, 3.63) is 29.8 Å². The molecule has 0 spiro atoms. The van der Waals surface area contributed by atoms with Gasteiger partial charge in [-0.15, -0.1) is 0 Å². The van der Waals surface area contributed by atoms with E-state index < -0.39 is 8.07 Å². The minimum absolute atomic E-state index is 0.143. The van der Waals surface area contributed by atoms with Crippen LogP contribution in [0.1, 0.15) is 5.56 Å². The highest BCUT2D eigenvalue weighted by Gasteiger charge is 2.26. The summed E-state index contributed by atoms with van der Waals surface area (Å²) in [4.78, 5) is 13.6. The van der Waals surface area contributed by atoms with Gasteiger partial charge in [-0.3, -0.25) is 9.69 Å². The van der Waals surface area contributed by atoms with Crippen LogP contribution in [0, 0.1) is 0 Å². The monoisotopic (exact) mass is 263 g/mol. The van der Waals surface area contributed by atoms with Crippen molar-refractivity contribution in [1.29, 1.82) is 0 Å². The van der Waals surface area contributed by atoms with Gasteiger partial charge in [-0.2, -0.15) is 0 Å². The van der Waals surface area contributed by atoms with Gasteiger partial charge in [0.1, 0.15) is 6.73 Å². The van der Waals surface area contributed by atoms with Gasteiger partial charge in [0, 0.05) is 20.4 Å². The Kier molecular flexibility index (Phi) is 3.87. The second-order valence-electron chi connectivity index (χ2n) is 5.98. The number of benzene rings is 1. The van der Waals surface area contributed by atoms with Crippen LogP contribution >= 0.6 is 0 Å². The number of nitrogens with zero attached hydrogens (tertiary/aromatic N) is 1. The Hall–Kier alpha value is -1.13. The lowest BCUT2D eigenvalue weighted by atomic mass is 10.2. The summed E-state index contributed by atoms with van der Waals surface area (Å²) in [5, 5.41) is 0. The summed E-state index contributed by atoms with van der Waals surface area (Å²) in [6, 6.07) is 9.07. The van der Waals surface area contributed by atoms with Gasteiger partial charge in [0.2, 0.25) is 5.91 Å². The Morgan fingerprint density at radius 3 is 2.72 bits per heavy atom. The molecule has 1 aliphatic rings. The number of hydrogen-bond donors (Lipinski definition) is 0. The van der Waals surface area contributed by atoms with Crippen LogP contribution < -0.4 is 4.90 Å². The van der Waals surface area contributed by atoms with Crippen molar-refractivity contribution < 1.29 is 9.53 Å². The highest BCUT2D eigenvalue weighted by molar-refractivity contribution is 6.76. The predicted octanol–water partition coefficient (Wildman–Crippen LogP) is 2.89. The summed E-state index contributed by atoms with van der Waals surface area (Å²) in [5.41, 5.74) is 2.12. The van der Waals surface area contributed by atoms with Crippen LogP contribution in [0.3, 0.4) is 0 Å². The van der Waals surface area contributed by atoms with Crippen molar-refractivity contribution in [2.45, 2.75) is 32.1 Å². The third kappa shape index (κ3) is 3.20. The number of hydrogen-bond acceptors (Lipinski definition) is 2. The maximum Gasteiger partial charge on any atom is 0.233 e. The predicted molar refractivity (Wildman–Crippen MR) is 76.6 cm³/mol. The van der Waals surface area contributed by atoms with Crippen LogP contribution in [-0.2, 0) is 16.0 Å². The van der Waals surface area contributed by atoms with Crippen LogP contribution in [0.4, 0.5) is 5.69 Å². The summed E-state index contributed by atoms with van der Waals surface area (Å²) < 4.78 is 5.66.